The Labute approximate surface area is 139 Å². The van der Waals surface area contributed by atoms with Crippen molar-refractivity contribution in [1.29, 1.82) is 0 Å². The molecule has 0 aliphatic heterocycles. The lowest BCUT2D eigenvalue weighted by atomic mass is 10.1. The summed E-state index contributed by atoms with van der Waals surface area (Å²) < 4.78 is 10.9. The standard InChI is InChI=1S/C17H17ClO3S/c1-3-8-21-17-13(18)10-12(11-15(17)20-2)6-7-14(19)16-5-4-9-22-16/h4-7,9-11H,3,8H2,1-2H3/b7-6+. The minimum atomic E-state index is -0.0311. The van der Waals surface area contributed by atoms with Gasteiger partial charge in [0.25, 0.3) is 0 Å². The largest absolute Gasteiger partial charge is 0.493 e. The summed E-state index contributed by atoms with van der Waals surface area (Å²) in [7, 11) is 1.56. The SMILES string of the molecule is CCCOc1c(Cl)cc(/C=C/C(=O)c2cccs2)cc1OC. The number of ketones is 1. The normalized spacial score (nSPS) is 10.9. The Hall–Kier alpha value is -1.78. The number of allylic oxidation sites excluding steroid dienone is 1. The van der Waals surface area contributed by atoms with Crippen LogP contribution in [0.2, 0.25) is 5.02 Å². The van der Waals surface area contributed by atoms with E-state index in [0.717, 1.165) is 12.0 Å². The number of benzene rings is 1. The van der Waals surface area contributed by atoms with Gasteiger partial charge in [-0.15, -0.1) is 11.3 Å². The second-order valence-electron chi connectivity index (χ2n) is 4.56. The van der Waals surface area contributed by atoms with E-state index in [1.807, 2.05) is 18.4 Å². The summed E-state index contributed by atoms with van der Waals surface area (Å²) in [6.45, 7) is 2.59. The number of hydrogen-bond donors (Lipinski definition) is 0. The van der Waals surface area contributed by atoms with Gasteiger partial charge in [0.15, 0.2) is 17.3 Å². The number of carbonyl (C=O) groups is 1. The molecule has 1 heterocycles. The Bertz CT molecular complexity index is 663. The molecule has 0 N–H and O–H groups in total. The van der Waals surface area contributed by atoms with E-state index in [0.29, 0.717) is 28.0 Å². The van der Waals surface area contributed by atoms with Gasteiger partial charge < -0.3 is 9.47 Å². The molecule has 0 atom stereocenters. The molecule has 0 spiro atoms. The summed E-state index contributed by atoms with van der Waals surface area (Å²) in [4.78, 5) is 12.7. The first-order valence-corrected chi connectivity index (χ1v) is 8.17. The molecule has 0 radical (unpaired) electrons. The van der Waals surface area contributed by atoms with Gasteiger partial charge in [-0.25, -0.2) is 0 Å². The zero-order chi connectivity index (χ0) is 15.9. The summed E-state index contributed by atoms with van der Waals surface area (Å²) in [6.07, 6.45) is 4.14. The van der Waals surface area contributed by atoms with Crippen molar-refractivity contribution < 1.29 is 14.3 Å². The van der Waals surface area contributed by atoms with Crippen molar-refractivity contribution in [2.75, 3.05) is 13.7 Å². The van der Waals surface area contributed by atoms with E-state index < -0.39 is 0 Å². The highest BCUT2D eigenvalue weighted by molar-refractivity contribution is 7.12. The molecule has 116 valence electrons. The zero-order valence-electron chi connectivity index (χ0n) is 12.5. The van der Waals surface area contributed by atoms with Gasteiger partial charge in [0, 0.05) is 0 Å². The summed E-state index contributed by atoms with van der Waals surface area (Å²) in [5.41, 5.74) is 0.788. The van der Waals surface area contributed by atoms with Crippen molar-refractivity contribution >= 4 is 34.8 Å². The van der Waals surface area contributed by atoms with E-state index in [1.165, 1.54) is 17.4 Å². The number of rotatable bonds is 7. The van der Waals surface area contributed by atoms with Gasteiger partial charge in [0.05, 0.1) is 23.6 Å². The summed E-state index contributed by atoms with van der Waals surface area (Å²) >= 11 is 7.66. The van der Waals surface area contributed by atoms with Crippen LogP contribution in [0.3, 0.4) is 0 Å². The number of hydrogen-bond acceptors (Lipinski definition) is 4. The minimum absolute atomic E-state index is 0.0311. The highest BCUT2D eigenvalue weighted by Gasteiger charge is 2.11. The molecule has 0 fully saturated rings. The zero-order valence-corrected chi connectivity index (χ0v) is 14.0. The first-order chi connectivity index (χ1) is 10.7. The Morgan fingerprint density at radius 1 is 1.41 bits per heavy atom. The lowest BCUT2D eigenvalue weighted by molar-refractivity contribution is 0.105. The van der Waals surface area contributed by atoms with Crippen molar-refractivity contribution in [3.63, 3.8) is 0 Å². The molecule has 0 bridgehead atoms. The Morgan fingerprint density at radius 3 is 2.86 bits per heavy atom. The van der Waals surface area contributed by atoms with Crippen molar-refractivity contribution in [3.05, 3.63) is 51.2 Å². The molecule has 3 nitrogen and oxygen atoms in total. The van der Waals surface area contributed by atoms with E-state index in [1.54, 1.807) is 31.4 Å². The summed E-state index contributed by atoms with van der Waals surface area (Å²) in [6, 6.07) is 7.21. The van der Waals surface area contributed by atoms with E-state index in [4.69, 9.17) is 21.1 Å². The lowest BCUT2D eigenvalue weighted by Crippen LogP contribution is -1.99. The van der Waals surface area contributed by atoms with Crippen molar-refractivity contribution in [2.24, 2.45) is 0 Å². The molecule has 0 aliphatic carbocycles. The maximum atomic E-state index is 12.0. The van der Waals surface area contributed by atoms with E-state index >= 15 is 0 Å². The van der Waals surface area contributed by atoms with Crippen LogP contribution in [-0.4, -0.2) is 19.5 Å². The Kier molecular flexibility index (Phi) is 6.04. The van der Waals surface area contributed by atoms with Gasteiger partial charge in [0.1, 0.15) is 0 Å². The van der Waals surface area contributed by atoms with Crippen LogP contribution in [0.4, 0.5) is 0 Å². The van der Waals surface area contributed by atoms with Crippen LogP contribution in [0, 0.1) is 0 Å². The quantitative estimate of drug-likeness (QED) is 0.521. The Morgan fingerprint density at radius 2 is 2.23 bits per heavy atom. The lowest BCUT2D eigenvalue weighted by Gasteiger charge is -2.12. The molecule has 0 aliphatic rings. The van der Waals surface area contributed by atoms with Gasteiger partial charge in [0.2, 0.25) is 0 Å². The predicted octanol–water partition coefficient (Wildman–Crippen LogP) is 5.10. The molecule has 2 aromatic rings. The first-order valence-electron chi connectivity index (χ1n) is 6.92. The van der Waals surface area contributed by atoms with Crippen LogP contribution < -0.4 is 9.47 Å². The summed E-state index contributed by atoms with van der Waals surface area (Å²) in [5, 5.41) is 2.34. The van der Waals surface area contributed by atoms with E-state index in [9.17, 15) is 4.79 Å². The van der Waals surface area contributed by atoms with Crippen LogP contribution in [0.25, 0.3) is 6.08 Å². The molecule has 2 rings (SSSR count). The molecule has 0 saturated heterocycles. The second kappa shape index (κ2) is 8.01. The van der Waals surface area contributed by atoms with Crippen molar-refractivity contribution in [3.8, 4) is 11.5 Å². The fourth-order valence-electron chi connectivity index (χ4n) is 1.85. The van der Waals surface area contributed by atoms with Gasteiger partial charge in [-0.1, -0.05) is 30.7 Å². The number of ether oxygens (including phenoxy) is 2. The van der Waals surface area contributed by atoms with Gasteiger partial charge in [-0.3, -0.25) is 4.79 Å². The van der Waals surface area contributed by atoms with Gasteiger partial charge >= 0.3 is 0 Å². The molecule has 1 aromatic carbocycles. The van der Waals surface area contributed by atoms with Gasteiger partial charge in [-0.05, 0) is 41.6 Å². The number of thiophene rings is 1. The highest BCUT2D eigenvalue weighted by Crippen LogP contribution is 2.36. The topological polar surface area (TPSA) is 35.5 Å². The molecule has 22 heavy (non-hydrogen) atoms. The molecular weight excluding hydrogens is 320 g/mol. The molecular formula is C17H17ClO3S. The third kappa shape index (κ3) is 4.12. The van der Waals surface area contributed by atoms with E-state index in [2.05, 4.69) is 0 Å². The average molecular weight is 337 g/mol. The van der Waals surface area contributed by atoms with Crippen LogP contribution in [0.15, 0.2) is 35.7 Å². The molecule has 1 aromatic heterocycles. The number of halogens is 1. The molecule has 0 saturated carbocycles. The average Bonchev–Trinajstić information content (AvgIpc) is 3.05. The first kappa shape index (κ1) is 16.6. The van der Waals surface area contributed by atoms with Gasteiger partial charge in [-0.2, -0.15) is 0 Å². The van der Waals surface area contributed by atoms with Crippen LogP contribution in [-0.2, 0) is 0 Å². The maximum absolute atomic E-state index is 12.0. The van der Waals surface area contributed by atoms with E-state index in [-0.39, 0.29) is 5.78 Å². The fraction of sp³-hybridized carbons (Fsp3) is 0.235. The summed E-state index contributed by atoms with van der Waals surface area (Å²) in [5.74, 6) is 1.06. The van der Waals surface area contributed by atoms with Crippen LogP contribution in [0.5, 0.6) is 11.5 Å². The molecule has 0 unspecified atom stereocenters. The number of carbonyl (C=O) groups excluding carboxylic acids is 1. The monoisotopic (exact) mass is 336 g/mol. The smallest absolute Gasteiger partial charge is 0.195 e. The molecule has 5 heteroatoms. The third-order valence-electron chi connectivity index (χ3n) is 2.89. The minimum Gasteiger partial charge on any atom is -0.493 e. The van der Waals surface area contributed by atoms with Crippen molar-refractivity contribution in [2.45, 2.75) is 13.3 Å². The van der Waals surface area contributed by atoms with Crippen molar-refractivity contribution in [1.82, 2.24) is 0 Å². The number of methoxy groups -OCH3 is 1. The fourth-order valence-corrected chi connectivity index (χ4v) is 2.77. The Balaban J connectivity index is 2.21. The second-order valence-corrected chi connectivity index (χ2v) is 5.91. The maximum Gasteiger partial charge on any atom is 0.195 e. The highest BCUT2D eigenvalue weighted by atomic mass is 35.5. The molecule has 0 amide bonds. The van der Waals surface area contributed by atoms with Crippen LogP contribution >= 0.6 is 22.9 Å². The van der Waals surface area contributed by atoms with Crippen LogP contribution in [0.1, 0.15) is 28.6 Å². The third-order valence-corrected chi connectivity index (χ3v) is 4.06. The predicted molar refractivity (Wildman–Crippen MR) is 91.5 cm³/mol.